The molecule has 6 heteroatoms. The molecule has 0 radical (unpaired) electrons. The van der Waals surface area contributed by atoms with Gasteiger partial charge in [-0.1, -0.05) is 40.0 Å². The second-order valence-electron chi connectivity index (χ2n) is 5.30. The van der Waals surface area contributed by atoms with Gasteiger partial charge in [-0.2, -0.15) is 0 Å². The molecule has 0 unspecified atom stereocenters. The first-order valence-corrected chi connectivity index (χ1v) is 11.6. The summed E-state index contributed by atoms with van der Waals surface area (Å²) in [7, 11) is -5.69. The van der Waals surface area contributed by atoms with Crippen LogP contribution in [0.25, 0.3) is 0 Å². The van der Waals surface area contributed by atoms with E-state index in [4.69, 9.17) is 17.5 Å². The fraction of sp³-hybridized carbons (Fsp3) is 1.00. The van der Waals surface area contributed by atoms with Crippen molar-refractivity contribution in [1.29, 1.82) is 0 Å². The molecule has 0 heterocycles. The topological polar surface area (TPSA) is 80.3 Å². The molecular formula is C14H33O4PS. The van der Waals surface area contributed by atoms with Crippen molar-refractivity contribution in [3.05, 3.63) is 0 Å². The fourth-order valence-electron chi connectivity index (χ4n) is 2.29. The summed E-state index contributed by atoms with van der Waals surface area (Å²) in [6.45, 7) is 9.46. The molecular weight excluding hydrogens is 295 g/mol. The first-order valence-electron chi connectivity index (χ1n) is 7.76. The molecule has 0 rings (SSSR count). The van der Waals surface area contributed by atoms with Gasteiger partial charge < -0.3 is 9.11 Å². The Hall–Kier alpha value is 0.300. The molecule has 0 bridgehead atoms. The zero-order chi connectivity index (χ0) is 16.1. The Kier molecular flexibility index (Phi) is 14.7. The van der Waals surface area contributed by atoms with E-state index in [1.54, 1.807) is 18.5 Å². The highest BCUT2D eigenvalue weighted by molar-refractivity contribution is 7.79. The maximum Gasteiger partial charge on any atom is 1.00 e. The van der Waals surface area contributed by atoms with Crippen LogP contribution >= 0.6 is 7.26 Å². The summed E-state index contributed by atoms with van der Waals surface area (Å²) in [5.74, 6) is 0. The Morgan fingerprint density at radius 1 is 0.800 bits per heavy atom. The fourth-order valence-corrected chi connectivity index (χ4v) is 6.87. The predicted molar refractivity (Wildman–Crippen MR) is 88.4 cm³/mol. The lowest BCUT2D eigenvalue weighted by molar-refractivity contribution is 0.352. The van der Waals surface area contributed by atoms with E-state index in [1.807, 2.05) is 0 Å². The van der Waals surface area contributed by atoms with Crippen molar-refractivity contribution in [1.82, 2.24) is 0 Å². The standard InChI is InChI=1S/C14H32P.H2O4S/c1-5-9-12-15(8-4,13-10-6-2)14-11-7-3;1-5(2,3)4/h5-14H2,1-4H3;(H2,1,2,3,4)/q+1;/p-1. The molecule has 0 aliphatic rings. The Balaban J connectivity index is -0.000000465. The third kappa shape index (κ3) is 16.4. The van der Waals surface area contributed by atoms with E-state index in [0.29, 0.717) is 0 Å². The van der Waals surface area contributed by atoms with Crippen LogP contribution in [-0.2, 0) is 10.4 Å². The summed E-state index contributed by atoms with van der Waals surface area (Å²) in [6, 6.07) is 0. The first kappa shape index (κ1) is 22.6. The molecule has 0 atom stereocenters. The van der Waals surface area contributed by atoms with Gasteiger partial charge in [0.1, 0.15) is 0 Å². The van der Waals surface area contributed by atoms with Crippen LogP contribution in [0.4, 0.5) is 0 Å². The Labute approximate surface area is 128 Å². The van der Waals surface area contributed by atoms with Gasteiger partial charge in [-0.25, -0.2) is 0 Å². The molecule has 124 valence electrons. The summed E-state index contributed by atoms with van der Waals surface area (Å²) in [4.78, 5) is 0. The van der Waals surface area contributed by atoms with Crippen LogP contribution in [-0.4, -0.2) is 42.2 Å². The SMILES string of the molecule is CCCC[P+](CC)(CCCC)CCCC.O=S(=O)([O-])[O-].[H+]. The Morgan fingerprint density at radius 2 is 1.05 bits per heavy atom. The summed E-state index contributed by atoms with van der Waals surface area (Å²) in [5, 5.41) is 0. The summed E-state index contributed by atoms with van der Waals surface area (Å²) in [6.07, 6.45) is 14.9. The largest absolute Gasteiger partial charge is 1.00 e. The van der Waals surface area contributed by atoms with E-state index in [1.165, 1.54) is 44.7 Å². The monoisotopic (exact) mass is 328 g/mol. The third-order valence-electron chi connectivity index (χ3n) is 3.63. The van der Waals surface area contributed by atoms with Crippen LogP contribution in [0.2, 0.25) is 0 Å². The van der Waals surface area contributed by atoms with Crippen molar-refractivity contribution in [2.45, 2.75) is 66.2 Å². The lowest BCUT2D eigenvalue weighted by atomic mass is 10.4. The molecule has 0 N–H and O–H groups in total. The quantitative estimate of drug-likeness (QED) is 0.342. The number of hydrogen-bond donors (Lipinski definition) is 0. The van der Waals surface area contributed by atoms with Crippen molar-refractivity contribution in [3.8, 4) is 0 Å². The zero-order valence-corrected chi connectivity index (χ0v) is 15.3. The maximum atomic E-state index is 8.52. The molecule has 0 saturated heterocycles. The van der Waals surface area contributed by atoms with E-state index < -0.39 is 17.7 Å². The molecule has 20 heavy (non-hydrogen) atoms. The van der Waals surface area contributed by atoms with Gasteiger partial charge in [-0.15, -0.1) is 0 Å². The second-order valence-corrected chi connectivity index (χ2v) is 10.8. The lowest BCUT2D eigenvalue weighted by Gasteiger charge is -2.26. The second kappa shape index (κ2) is 13.0. The van der Waals surface area contributed by atoms with Gasteiger partial charge in [-0.3, -0.25) is 8.42 Å². The van der Waals surface area contributed by atoms with E-state index in [9.17, 15) is 0 Å². The Bertz CT molecular complexity index is 280. The van der Waals surface area contributed by atoms with Crippen LogP contribution in [0.5, 0.6) is 0 Å². The minimum atomic E-state index is -5.17. The lowest BCUT2D eigenvalue weighted by Crippen LogP contribution is -2.11. The molecule has 0 aromatic heterocycles. The zero-order valence-electron chi connectivity index (χ0n) is 14.6. The molecule has 0 aliphatic heterocycles. The van der Waals surface area contributed by atoms with Crippen molar-refractivity contribution >= 4 is 17.7 Å². The van der Waals surface area contributed by atoms with Crippen molar-refractivity contribution < 1.29 is 18.9 Å². The average Bonchev–Trinajstić information content (AvgIpc) is 2.37. The number of rotatable bonds is 10. The highest BCUT2D eigenvalue weighted by atomic mass is 32.3. The van der Waals surface area contributed by atoms with Gasteiger partial charge in [0.25, 0.3) is 0 Å². The van der Waals surface area contributed by atoms with Crippen LogP contribution in [0.1, 0.15) is 67.6 Å². The van der Waals surface area contributed by atoms with Crippen molar-refractivity contribution in [3.63, 3.8) is 0 Å². The summed E-state index contributed by atoms with van der Waals surface area (Å²) in [5.41, 5.74) is 0. The molecule has 0 aromatic rings. The average molecular weight is 328 g/mol. The predicted octanol–water partition coefficient (Wildman–Crippen LogP) is 4.20. The van der Waals surface area contributed by atoms with E-state index in [0.717, 1.165) is 0 Å². The minimum absolute atomic E-state index is 0. The van der Waals surface area contributed by atoms with Gasteiger partial charge >= 0.3 is 1.43 Å². The molecule has 0 fully saturated rings. The number of hydrogen-bond acceptors (Lipinski definition) is 4. The maximum absolute atomic E-state index is 8.52. The number of unbranched alkanes of at least 4 members (excludes halogenated alkanes) is 3. The molecule has 0 aliphatic carbocycles. The van der Waals surface area contributed by atoms with Crippen molar-refractivity contribution in [2.24, 2.45) is 0 Å². The minimum Gasteiger partial charge on any atom is -0.759 e. The van der Waals surface area contributed by atoms with Crippen LogP contribution < -0.4 is 0 Å². The van der Waals surface area contributed by atoms with E-state index >= 15 is 0 Å². The van der Waals surface area contributed by atoms with Crippen LogP contribution in [0.15, 0.2) is 0 Å². The smallest absolute Gasteiger partial charge is 0.759 e. The molecule has 0 saturated carbocycles. The molecule has 0 aromatic carbocycles. The molecule has 0 amide bonds. The first-order chi connectivity index (χ1) is 9.24. The van der Waals surface area contributed by atoms with Gasteiger partial charge in [-0.05, 0) is 26.2 Å². The van der Waals surface area contributed by atoms with E-state index in [2.05, 4.69) is 27.7 Å². The van der Waals surface area contributed by atoms with Crippen LogP contribution in [0.3, 0.4) is 0 Å². The van der Waals surface area contributed by atoms with Crippen molar-refractivity contribution in [2.75, 3.05) is 24.6 Å². The van der Waals surface area contributed by atoms with Gasteiger partial charge in [0.15, 0.2) is 0 Å². The van der Waals surface area contributed by atoms with Crippen LogP contribution in [0, 0.1) is 0 Å². The normalized spacial score (nSPS) is 11.9. The summed E-state index contributed by atoms with van der Waals surface area (Å²) >= 11 is 0. The molecule has 0 spiro atoms. The highest BCUT2D eigenvalue weighted by Gasteiger charge is 2.32. The highest BCUT2D eigenvalue weighted by Crippen LogP contribution is 2.60. The Morgan fingerprint density at radius 3 is 1.20 bits per heavy atom. The van der Waals surface area contributed by atoms with Gasteiger partial charge in [0.2, 0.25) is 0 Å². The van der Waals surface area contributed by atoms with Gasteiger partial charge in [0, 0.05) is 17.7 Å². The molecule has 4 nitrogen and oxygen atoms in total. The summed E-state index contributed by atoms with van der Waals surface area (Å²) < 4.78 is 34.1. The third-order valence-corrected chi connectivity index (χ3v) is 8.77. The van der Waals surface area contributed by atoms with Gasteiger partial charge in [0.05, 0.1) is 24.6 Å². The van der Waals surface area contributed by atoms with E-state index in [-0.39, 0.29) is 1.43 Å².